The number of rotatable bonds is 7. The summed E-state index contributed by atoms with van der Waals surface area (Å²) in [4.78, 5) is 52.0. The van der Waals surface area contributed by atoms with Crippen molar-refractivity contribution in [2.45, 2.75) is 18.6 Å². The summed E-state index contributed by atoms with van der Waals surface area (Å²) in [6.07, 6.45) is -4.65. The molecule has 7 nitrogen and oxygen atoms in total. The number of alkyl halides is 3. The van der Waals surface area contributed by atoms with Crippen LogP contribution in [-0.4, -0.2) is 41.2 Å². The second-order valence-corrected chi connectivity index (χ2v) is 7.97. The van der Waals surface area contributed by atoms with E-state index in [4.69, 9.17) is 4.74 Å². The standard InChI is InChI=1S/C26H19F3N2O5/c27-26(28,29)17-9-6-10-18(14-17)30-22(32)15-36-25(35)21(13-16-7-2-1-3-8-16)31-23(33)19-11-4-5-12-20(19)24(31)34/h1-12,14,21H,13,15H2,(H,30,32)/t21-/m1/s1. The first-order chi connectivity index (χ1) is 17.1. The Hall–Kier alpha value is -4.47. The Kier molecular flexibility index (Phi) is 6.86. The molecule has 3 aromatic carbocycles. The van der Waals surface area contributed by atoms with Crippen LogP contribution in [0.25, 0.3) is 0 Å². The molecule has 1 aliphatic rings. The van der Waals surface area contributed by atoms with Gasteiger partial charge in [-0.25, -0.2) is 4.79 Å². The lowest BCUT2D eigenvalue weighted by atomic mass is 10.0. The third-order valence-corrected chi connectivity index (χ3v) is 5.50. The summed E-state index contributed by atoms with van der Waals surface area (Å²) < 4.78 is 43.8. The molecule has 3 amide bonds. The van der Waals surface area contributed by atoms with Crippen molar-refractivity contribution in [3.8, 4) is 0 Å². The fraction of sp³-hybridized carbons (Fsp3) is 0.154. The number of hydrogen-bond donors (Lipinski definition) is 1. The van der Waals surface area contributed by atoms with E-state index in [1.54, 1.807) is 42.5 Å². The number of nitrogens with zero attached hydrogens (tertiary/aromatic N) is 1. The number of anilines is 1. The van der Waals surface area contributed by atoms with Gasteiger partial charge >= 0.3 is 12.1 Å². The molecule has 0 saturated heterocycles. The van der Waals surface area contributed by atoms with Gasteiger partial charge < -0.3 is 10.1 Å². The number of hydrogen-bond acceptors (Lipinski definition) is 5. The molecule has 36 heavy (non-hydrogen) atoms. The zero-order valence-electron chi connectivity index (χ0n) is 18.6. The predicted octanol–water partition coefficient (Wildman–Crippen LogP) is 4.09. The molecule has 0 bridgehead atoms. The summed E-state index contributed by atoms with van der Waals surface area (Å²) in [5.74, 6) is -3.22. The number of halogens is 3. The molecule has 4 rings (SSSR count). The van der Waals surface area contributed by atoms with E-state index in [1.165, 1.54) is 18.2 Å². The minimum atomic E-state index is -4.59. The van der Waals surface area contributed by atoms with E-state index in [9.17, 15) is 32.3 Å². The summed E-state index contributed by atoms with van der Waals surface area (Å²) >= 11 is 0. The van der Waals surface area contributed by atoms with Crippen LogP contribution in [0.4, 0.5) is 18.9 Å². The summed E-state index contributed by atoms with van der Waals surface area (Å²) in [7, 11) is 0. The van der Waals surface area contributed by atoms with Crippen molar-refractivity contribution in [2.24, 2.45) is 0 Å². The van der Waals surface area contributed by atoms with Crippen LogP contribution in [0, 0.1) is 0 Å². The number of benzene rings is 3. The number of fused-ring (bicyclic) bond motifs is 1. The molecule has 1 aliphatic heterocycles. The Morgan fingerprint density at radius 1 is 0.861 bits per heavy atom. The zero-order valence-corrected chi connectivity index (χ0v) is 18.6. The second-order valence-electron chi connectivity index (χ2n) is 7.97. The van der Waals surface area contributed by atoms with Crippen LogP contribution < -0.4 is 5.32 Å². The maximum atomic E-state index is 13.0. The Labute approximate surface area is 203 Å². The highest BCUT2D eigenvalue weighted by molar-refractivity contribution is 6.22. The number of esters is 1. The van der Waals surface area contributed by atoms with Gasteiger partial charge in [0, 0.05) is 12.1 Å². The van der Waals surface area contributed by atoms with Gasteiger partial charge in [0.05, 0.1) is 16.7 Å². The number of nitrogens with one attached hydrogen (secondary N) is 1. The highest BCUT2D eigenvalue weighted by Crippen LogP contribution is 2.31. The molecular weight excluding hydrogens is 477 g/mol. The van der Waals surface area contributed by atoms with Gasteiger partial charge in [0.15, 0.2) is 6.61 Å². The Balaban J connectivity index is 1.49. The van der Waals surface area contributed by atoms with E-state index in [0.717, 1.165) is 23.1 Å². The fourth-order valence-corrected chi connectivity index (χ4v) is 3.81. The normalized spacial score (nSPS) is 13.8. The molecule has 0 aromatic heterocycles. The van der Waals surface area contributed by atoms with Crippen LogP contribution in [0.1, 0.15) is 31.8 Å². The van der Waals surface area contributed by atoms with E-state index in [0.29, 0.717) is 5.56 Å². The molecule has 1 atom stereocenters. The Morgan fingerprint density at radius 3 is 2.08 bits per heavy atom. The van der Waals surface area contributed by atoms with Crippen molar-refractivity contribution in [1.82, 2.24) is 4.90 Å². The van der Waals surface area contributed by atoms with Crippen molar-refractivity contribution >= 4 is 29.4 Å². The molecule has 1 N–H and O–H groups in total. The Morgan fingerprint density at radius 2 is 1.47 bits per heavy atom. The number of amides is 3. The Bertz CT molecular complexity index is 1290. The maximum Gasteiger partial charge on any atom is 0.416 e. The highest BCUT2D eigenvalue weighted by Gasteiger charge is 2.43. The van der Waals surface area contributed by atoms with Crippen LogP contribution in [0.3, 0.4) is 0 Å². The smallest absolute Gasteiger partial charge is 0.416 e. The number of imide groups is 1. The van der Waals surface area contributed by atoms with Gasteiger partial charge in [0.2, 0.25) is 0 Å². The van der Waals surface area contributed by atoms with E-state index in [-0.39, 0.29) is 23.2 Å². The van der Waals surface area contributed by atoms with Gasteiger partial charge in [0.25, 0.3) is 17.7 Å². The van der Waals surface area contributed by atoms with Gasteiger partial charge in [-0.3, -0.25) is 19.3 Å². The molecule has 10 heteroatoms. The largest absolute Gasteiger partial charge is 0.454 e. The van der Waals surface area contributed by atoms with Crippen LogP contribution in [-0.2, 0) is 26.9 Å². The zero-order chi connectivity index (χ0) is 25.9. The van der Waals surface area contributed by atoms with Crippen molar-refractivity contribution in [3.05, 3.63) is 101 Å². The highest BCUT2D eigenvalue weighted by atomic mass is 19.4. The third-order valence-electron chi connectivity index (χ3n) is 5.50. The van der Waals surface area contributed by atoms with Gasteiger partial charge in [-0.15, -0.1) is 0 Å². The van der Waals surface area contributed by atoms with Crippen LogP contribution in [0.5, 0.6) is 0 Å². The monoisotopic (exact) mass is 496 g/mol. The average molecular weight is 496 g/mol. The molecule has 0 saturated carbocycles. The molecule has 0 radical (unpaired) electrons. The van der Waals surface area contributed by atoms with E-state index < -0.39 is 48.1 Å². The van der Waals surface area contributed by atoms with Gasteiger partial charge in [-0.1, -0.05) is 48.5 Å². The molecule has 0 fully saturated rings. The topological polar surface area (TPSA) is 92.8 Å². The fourth-order valence-electron chi connectivity index (χ4n) is 3.81. The molecular formula is C26H19F3N2O5. The van der Waals surface area contributed by atoms with E-state index >= 15 is 0 Å². The van der Waals surface area contributed by atoms with Crippen LogP contribution in [0.2, 0.25) is 0 Å². The first kappa shape index (κ1) is 24.6. The molecule has 3 aromatic rings. The minimum Gasteiger partial charge on any atom is -0.454 e. The van der Waals surface area contributed by atoms with E-state index in [2.05, 4.69) is 5.32 Å². The van der Waals surface area contributed by atoms with Crippen molar-refractivity contribution in [2.75, 3.05) is 11.9 Å². The SMILES string of the molecule is O=C(COC(=O)[C@@H](Cc1ccccc1)N1C(=O)c2ccccc2C1=O)Nc1cccc(C(F)(F)F)c1. The minimum absolute atomic E-state index is 0.0552. The summed E-state index contributed by atoms with van der Waals surface area (Å²) in [6, 6.07) is 17.4. The maximum absolute atomic E-state index is 13.0. The molecule has 1 heterocycles. The second kappa shape index (κ2) is 10.0. The lowest BCUT2D eigenvalue weighted by Crippen LogP contribution is -2.47. The summed E-state index contributed by atoms with van der Waals surface area (Å²) in [6.45, 7) is -0.830. The van der Waals surface area contributed by atoms with Crippen LogP contribution >= 0.6 is 0 Å². The van der Waals surface area contributed by atoms with Crippen LogP contribution in [0.15, 0.2) is 78.9 Å². The van der Waals surface area contributed by atoms with Gasteiger partial charge in [-0.05, 0) is 35.9 Å². The third kappa shape index (κ3) is 5.27. The van der Waals surface area contributed by atoms with Crippen molar-refractivity contribution in [1.29, 1.82) is 0 Å². The summed E-state index contributed by atoms with van der Waals surface area (Å²) in [5, 5.41) is 2.24. The quantitative estimate of drug-likeness (QED) is 0.393. The van der Waals surface area contributed by atoms with Gasteiger partial charge in [-0.2, -0.15) is 13.2 Å². The molecule has 0 aliphatic carbocycles. The molecule has 0 spiro atoms. The predicted molar refractivity (Wildman–Crippen MR) is 122 cm³/mol. The average Bonchev–Trinajstić information content (AvgIpc) is 3.11. The van der Waals surface area contributed by atoms with Crippen molar-refractivity contribution < 1.29 is 37.1 Å². The number of carbonyl (C=O) groups is 4. The molecule has 0 unspecified atom stereocenters. The number of carbonyl (C=O) groups excluding carboxylic acids is 4. The first-order valence-corrected chi connectivity index (χ1v) is 10.8. The number of ether oxygens (including phenoxy) is 1. The molecule has 184 valence electrons. The van der Waals surface area contributed by atoms with Crippen molar-refractivity contribution in [3.63, 3.8) is 0 Å². The van der Waals surface area contributed by atoms with Gasteiger partial charge in [0.1, 0.15) is 6.04 Å². The lowest BCUT2D eigenvalue weighted by molar-refractivity contribution is -0.151. The lowest BCUT2D eigenvalue weighted by Gasteiger charge is -2.24. The summed E-state index contributed by atoms with van der Waals surface area (Å²) in [5.41, 5.74) is -0.145. The first-order valence-electron chi connectivity index (χ1n) is 10.8. The van der Waals surface area contributed by atoms with E-state index in [1.807, 2.05) is 0 Å².